The lowest BCUT2D eigenvalue weighted by Gasteiger charge is -2.21. The normalized spacial score (nSPS) is 12.6. The Bertz CT molecular complexity index is 409. The summed E-state index contributed by atoms with van der Waals surface area (Å²) in [6.07, 6.45) is 1.47. The van der Waals surface area contributed by atoms with Crippen LogP contribution in [0.25, 0.3) is 0 Å². The van der Waals surface area contributed by atoms with Crippen LogP contribution in [0.4, 0.5) is 4.79 Å². The maximum Gasteiger partial charge on any atom is 0.431 e. The van der Waals surface area contributed by atoms with Crippen molar-refractivity contribution in [2.45, 2.75) is 38.9 Å². The summed E-state index contributed by atoms with van der Waals surface area (Å²) in [6, 6.07) is 9.64. The maximum atomic E-state index is 11.5. The summed E-state index contributed by atoms with van der Waals surface area (Å²) in [5.74, 6) is 0. The average molecular weight is 263 g/mol. The highest BCUT2D eigenvalue weighted by Crippen LogP contribution is 2.20. The molecule has 0 radical (unpaired) electrons. The molecule has 0 spiro atoms. The highest BCUT2D eigenvalue weighted by molar-refractivity contribution is 5.66. The smallest absolute Gasteiger partial charge is 0.431 e. The van der Waals surface area contributed by atoms with Crippen molar-refractivity contribution in [2.24, 2.45) is 0 Å². The van der Waals surface area contributed by atoms with Gasteiger partial charge in [0, 0.05) is 0 Å². The van der Waals surface area contributed by atoms with Crippen LogP contribution in [-0.2, 0) is 9.57 Å². The number of rotatable bonds is 5. The minimum atomic E-state index is -0.600. The third-order valence-electron chi connectivity index (χ3n) is 2.24. The zero-order valence-electron chi connectivity index (χ0n) is 11.7. The van der Waals surface area contributed by atoms with Gasteiger partial charge in [-0.15, -0.1) is 6.58 Å². The van der Waals surface area contributed by atoms with Gasteiger partial charge in [0.05, 0.1) is 0 Å². The van der Waals surface area contributed by atoms with Crippen LogP contribution in [0.5, 0.6) is 0 Å². The summed E-state index contributed by atoms with van der Waals surface area (Å²) >= 11 is 0. The molecular weight excluding hydrogens is 242 g/mol. The van der Waals surface area contributed by atoms with Crippen molar-refractivity contribution in [1.29, 1.82) is 0 Å². The molecule has 0 saturated heterocycles. The zero-order chi connectivity index (χ0) is 14.3. The predicted molar refractivity (Wildman–Crippen MR) is 74.5 cm³/mol. The lowest BCUT2D eigenvalue weighted by molar-refractivity contribution is -0.0425. The Kier molecular flexibility index (Phi) is 5.57. The van der Waals surface area contributed by atoms with Gasteiger partial charge in [-0.1, -0.05) is 36.4 Å². The van der Waals surface area contributed by atoms with Crippen LogP contribution in [0, 0.1) is 0 Å². The second-order valence-electron chi connectivity index (χ2n) is 5.15. The fourth-order valence-corrected chi connectivity index (χ4v) is 1.49. The highest BCUT2D eigenvalue weighted by Gasteiger charge is 2.18. The second kappa shape index (κ2) is 6.95. The number of carbonyl (C=O) groups excluding carboxylic acids is 1. The first-order valence-corrected chi connectivity index (χ1v) is 6.23. The van der Waals surface area contributed by atoms with E-state index >= 15 is 0 Å². The van der Waals surface area contributed by atoms with Crippen molar-refractivity contribution in [2.75, 3.05) is 0 Å². The summed E-state index contributed by atoms with van der Waals surface area (Å²) in [7, 11) is 0. The molecule has 1 amide bonds. The summed E-state index contributed by atoms with van der Waals surface area (Å²) in [6.45, 7) is 9.08. The molecule has 19 heavy (non-hydrogen) atoms. The number of amides is 1. The van der Waals surface area contributed by atoms with E-state index in [1.807, 2.05) is 30.3 Å². The van der Waals surface area contributed by atoms with Crippen LogP contribution in [0.1, 0.15) is 38.9 Å². The van der Waals surface area contributed by atoms with Crippen molar-refractivity contribution in [3.05, 3.63) is 48.6 Å². The van der Waals surface area contributed by atoms with E-state index in [9.17, 15) is 4.79 Å². The van der Waals surface area contributed by atoms with Gasteiger partial charge in [0.1, 0.15) is 11.7 Å². The van der Waals surface area contributed by atoms with Gasteiger partial charge in [-0.2, -0.15) is 5.48 Å². The fourth-order valence-electron chi connectivity index (χ4n) is 1.49. The fraction of sp³-hybridized carbons (Fsp3) is 0.400. The molecular formula is C15H21NO3. The molecule has 4 heteroatoms. The number of carbonyl (C=O) groups is 1. The first-order valence-electron chi connectivity index (χ1n) is 6.23. The van der Waals surface area contributed by atoms with E-state index in [0.717, 1.165) is 5.56 Å². The first kappa shape index (κ1) is 15.2. The van der Waals surface area contributed by atoms with E-state index in [-0.39, 0.29) is 6.10 Å². The number of hydrogen-bond acceptors (Lipinski definition) is 3. The van der Waals surface area contributed by atoms with Crippen LogP contribution >= 0.6 is 0 Å². The summed E-state index contributed by atoms with van der Waals surface area (Å²) in [5.41, 5.74) is 2.74. The van der Waals surface area contributed by atoms with E-state index < -0.39 is 11.7 Å². The van der Waals surface area contributed by atoms with Crippen LogP contribution in [-0.4, -0.2) is 11.7 Å². The molecule has 0 fully saturated rings. The first-order chi connectivity index (χ1) is 8.92. The number of nitrogens with one attached hydrogen (secondary N) is 1. The SMILES string of the molecule is C=CC[C@@H](ONC(=O)OC(C)(C)C)c1ccccc1. The highest BCUT2D eigenvalue weighted by atomic mass is 16.7. The molecule has 0 saturated carbocycles. The molecule has 0 aliphatic carbocycles. The molecule has 4 nitrogen and oxygen atoms in total. The van der Waals surface area contributed by atoms with Crippen LogP contribution < -0.4 is 5.48 Å². The Labute approximate surface area is 114 Å². The summed E-state index contributed by atoms with van der Waals surface area (Å²) < 4.78 is 5.10. The van der Waals surface area contributed by atoms with E-state index in [1.54, 1.807) is 26.8 Å². The Hall–Kier alpha value is -1.81. The van der Waals surface area contributed by atoms with Crippen molar-refractivity contribution in [3.8, 4) is 0 Å². The Balaban J connectivity index is 2.56. The van der Waals surface area contributed by atoms with Gasteiger partial charge in [-0.3, -0.25) is 4.84 Å². The monoisotopic (exact) mass is 263 g/mol. The second-order valence-corrected chi connectivity index (χ2v) is 5.15. The molecule has 0 bridgehead atoms. The number of hydrogen-bond donors (Lipinski definition) is 1. The summed E-state index contributed by atoms with van der Waals surface area (Å²) in [4.78, 5) is 16.9. The Morgan fingerprint density at radius 1 is 1.37 bits per heavy atom. The number of hydroxylamine groups is 1. The largest absolute Gasteiger partial charge is 0.442 e. The average Bonchev–Trinajstić information content (AvgIpc) is 2.33. The molecule has 1 aromatic rings. The molecule has 104 valence electrons. The van der Waals surface area contributed by atoms with Gasteiger partial charge in [0.2, 0.25) is 0 Å². The third-order valence-corrected chi connectivity index (χ3v) is 2.24. The van der Waals surface area contributed by atoms with Crippen LogP contribution in [0.15, 0.2) is 43.0 Å². The number of benzene rings is 1. The number of ether oxygens (including phenoxy) is 1. The topological polar surface area (TPSA) is 47.6 Å². The van der Waals surface area contributed by atoms with Gasteiger partial charge < -0.3 is 4.74 Å². The molecule has 0 aromatic heterocycles. The van der Waals surface area contributed by atoms with E-state index in [4.69, 9.17) is 9.57 Å². The van der Waals surface area contributed by atoms with E-state index in [0.29, 0.717) is 6.42 Å². The molecule has 0 unspecified atom stereocenters. The van der Waals surface area contributed by atoms with Gasteiger partial charge >= 0.3 is 6.09 Å². The van der Waals surface area contributed by atoms with Crippen LogP contribution in [0.3, 0.4) is 0 Å². The van der Waals surface area contributed by atoms with Gasteiger partial charge in [-0.05, 0) is 32.8 Å². The van der Waals surface area contributed by atoms with Crippen molar-refractivity contribution in [3.63, 3.8) is 0 Å². The van der Waals surface area contributed by atoms with Crippen LogP contribution in [0.2, 0.25) is 0 Å². The Morgan fingerprint density at radius 3 is 2.53 bits per heavy atom. The maximum absolute atomic E-state index is 11.5. The molecule has 1 rings (SSSR count). The Morgan fingerprint density at radius 2 is 2.00 bits per heavy atom. The van der Waals surface area contributed by atoms with Crippen molar-refractivity contribution in [1.82, 2.24) is 5.48 Å². The molecule has 0 aliphatic heterocycles. The molecule has 1 N–H and O–H groups in total. The molecule has 1 aromatic carbocycles. The minimum Gasteiger partial charge on any atom is -0.442 e. The van der Waals surface area contributed by atoms with Gasteiger partial charge in [0.25, 0.3) is 0 Å². The summed E-state index contributed by atoms with van der Waals surface area (Å²) in [5, 5.41) is 0. The third kappa shape index (κ3) is 6.06. The quantitative estimate of drug-likeness (QED) is 0.650. The zero-order valence-corrected chi connectivity index (χ0v) is 11.7. The van der Waals surface area contributed by atoms with Gasteiger partial charge in [0.15, 0.2) is 0 Å². The molecule has 0 heterocycles. The van der Waals surface area contributed by atoms with Crippen molar-refractivity contribution >= 4 is 6.09 Å². The molecule has 1 atom stereocenters. The van der Waals surface area contributed by atoms with Crippen molar-refractivity contribution < 1.29 is 14.4 Å². The predicted octanol–water partition coefficient (Wildman–Crippen LogP) is 3.76. The standard InChI is InChI=1S/C15H21NO3/c1-5-9-13(12-10-7-6-8-11-12)19-16-14(17)18-15(2,3)4/h5-8,10-11,13H,1,9H2,2-4H3,(H,16,17)/t13-/m1/s1. The lowest BCUT2D eigenvalue weighted by atomic mass is 10.1. The van der Waals surface area contributed by atoms with E-state index in [2.05, 4.69) is 12.1 Å². The minimum absolute atomic E-state index is 0.272. The molecule has 0 aliphatic rings. The lowest BCUT2D eigenvalue weighted by Crippen LogP contribution is -2.33. The van der Waals surface area contributed by atoms with E-state index in [1.165, 1.54) is 0 Å². The van der Waals surface area contributed by atoms with Gasteiger partial charge in [-0.25, -0.2) is 4.79 Å².